The van der Waals surface area contributed by atoms with Crippen LogP contribution in [0.3, 0.4) is 0 Å². The summed E-state index contributed by atoms with van der Waals surface area (Å²) >= 11 is 0. The largest absolute Gasteiger partial charge is 0.394 e. The van der Waals surface area contributed by atoms with Crippen LogP contribution in [-0.2, 0) is 4.79 Å². The van der Waals surface area contributed by atoms with Crippen LogP contribution in [0.25, 0.3) is 0 Å². The average Bonchev–Trinajstić information content (AvgIpc) is 2.58. The topological polar surface area (TPSA) is 61.4 Å². The zero-order valence-electron chi connectivity index (χ0n) is 11.4. The standard InChI is InChI=1S/C14H26N2O2/c1-11-5-7-14(10-17,8-6-11)16-12-4-2-3-9-15-13(12)18/h11-12,16-17H,2-10H2,1H3,(H,15,18). The second-order valence-corrected chi connectivity index (χ2v) is 6.10. The third-order valence-electron chi connectivity index (χ3n) is 4.55. The van der Waals surface area contributed by atoms with Crippen LogP contribution < -0.4 is 10.6 Å². The third-order valence-corrected chi connectivity index (χ3v) is 4.55. The number of hydrogen-bond donors (Lipinski definition) is 3. The highest BCUT2D eigenvalue weighted by molar-refractivity contribution is 5.82. The van der Waals surface area contributed by atoms with Crippen LogP contribution in [0.2, 0.25) is 0 Å². The summed E-state index contributed by atoms with van der Waals surface area (Å²) in [6.07, 6.45) is 7.28. The van der Waals surface area contributed by atoms with Crippen molar-refractivity contribution in [3.63, 3.8) is 0 Å². The Hall–Kier alpha value is -0.610. The van der Waals surface area contributed by atoms with Gasteiger partial charge in [0, 0.05) is 12.1 Å². The average molecular weight is 254 g/mol. The monoisotopic (exact) mass is 254 g/mol. The van der Waals surface area contributed by atoms with Gasteiger partial charge < -0.3 is 10.4 Å². The molecule has 2 fully saturated rings. The first kappa shape index (κ1) is 13.8. The van der Waals surface area contributed by atoms with Gasteiger partial charge in [0.2, 0.25) is 5.91 Å². The molecule has 1 aliphatic carbocycles. The van der Waals surface area contributed by atoms with E-state index in [4.69, 9.17) is 0 Å². The van der Waals surface area contributed by atoms with E-state index in [1.165, 1.54) is 0 Å². The molecule has 0 bridgehead atoms. The first-order chi connectivity index (χ1) is 8.65. The first-order valence-corrected chi connectivity index (χ1v) is 7.31. The van der Waals surface area contributed by atoms with Gasteiger partial charge in [-0.15, -0.1) is 0 Å². The van der Waals surface area contributed by atoms with Crippen LogP contribution in [0.1, 0.15) is 51.9 Å². The third kappa shape index (κ3) is 3.23. The maximum atomic E-state index is 12.0. The fraction of sp³-hybridized carbons (Fsp3) is 0.929. The van der Waals surface area contributed by atoms with Crippen molar-refractivity contribution in [2.45, 2.75) is 63.5 Å². The smallest absolute Gasteiger partial charge is 0.237 e. The lowest BCUT2D eigenvalue weighted by Crippen LogP contribution is -2.58. The molecule has 1 aliphatic heterocycles. The Labute approximate surface area is 110 Å². The Bertz CT molecular complexity index is 286. The minimum Gasteiger partial charge on any atom is -0.394 e. The second kappa shape index (κ2) is 6.02. The molecule has 2 rings (SSSR count). The minimum atomic E-state index is -0.223. The molecule has 4 heteroatoms. The van der Waals surface area contributed by atoms with E-state index >= 15 is 0 Å². The van der Waals surface area contributed by atoms with Gasteiger partial charge in [-0.1, -0.05) is 6.92 Å². The van der Waals surface area contributed by atoms with E-state index in [1.54, 1.807) is 0 Å². The zero-order valence-corrected chi connectivity index (χ0v) is 11.4. The molecule has 0 aromatic carbocycles. The Morgan fingerprint density at radius 2 is 2.06 bits per heavy atom. The molecule has 18 heavy (non-hydrogen) atoms. The number of rotatable bonds is 3. The lowest BCUT2D eigenvalue weighted by molar-refractivity contribution is -0.123. The number of hydrogen-bond acceptors (Lipinski definition) is 3. The van der Waals surface area contributed by atoms with Crippen LogP contribution in [0.5, 0.6) is 0 Å². The highest BCUT2D eigenvalue weighted by atomic mass is 16.3. The first-order valence-electron chi connectivity index (χ1n) is 7.31. The Morgan fingerprint density at radius 3 is 2.72 bits per heavy atom. The predicted molar refractivity (Wildman–Crippen MR) is 71.2 cm³/mol. The van der Waals surface area contributed by atoms with E-state index in [2.05, 4.69) is 17.6 Å². The van der Waals surface area contributed by atoms with Crippen molar-refractivity contribution >= 4 is 5.91 Å². The van der Waals surface area contributed by atoms with Crippen LogP contribution in [0, 0.1) is 5.92 Å². The summed E-state index contributed by atoms with van der Waals surface area (Å²) in [6.45, 7) is 3.20. The van der Waals surface area contributed by atoms with Gasteiger partial charge in [-0.25, -0.2) is 0 Å². The van der Waals surface area contributed by atoms with Crippen molar-refractivity contribution in [2.24, 2.45) is 5.92 Å². The minimum absolute atomic E-state index is 0.110. The summed E-state index contributed by atoms with van der Waals surface area (Å²) in [4.78, 5) is 12.0. The molecule has 1 saturated heterocycles. The normalized spacial score (nSPS) is 38.0. The van der Waals surface area contributed by atoms with Gasteiger partial charge in [0.1, 0.15) is 0 Å². The molecular weight excluding hydrogens is 228 g/mol. The molecular formula is C14H26N2O2. The number of aliphatic hydroxyl groups excluding tert-OH is 1. The van der Waals surface area contributed by atoms with Crippen molar-refractivity contribution in [3.8, 4) is 0 Å². The molecule has 104 valence electrons. The SMILES string of the molecule is CC1CCC(CO)(NC2CCCCNC2=O)CC1. The predicted octanol–water partition coefficient (Wildman–Crippen LogP) is 1.19. The summed E-state index contributed by atoms with van der Waals surface area (Å²) in [5.74, 6) is 0.855. The van der Waals surface area contributed by atoms with E-state index in [-0.39, 0.29) is 24.1 Å². The lowest BCUT2D eigenvalue weighted by atomic mass is 9.77. The van der Waals surface area contributed by atoms with Gasteiger partial charge in [0.05, 0.1) is 12.6 Å². The summed E-state index contributed by atoms with van der Waals surface area (Å²) in [7, 11) is 0. The van der Waals surface area contributed by atoms with E-state index in [1.807, 2.05) is 0 Å². The maximum Gasteiger partial charge on any atom is 0.237 e. The van der Waals surface area contributed by atoms with Crippen LogP contribution >= 0.6 is 0 Å². The Balaban J connectivity index is 1.98. The Morgan fingerprint density at radius 1 is 1.33 bits per heavy atom. The van der Waals surface area contributed by atoms with Gasteiger partial charge in [0.15, 0.2) is 0 Å². The molecule has 1 heterocycles. The van der Waals surface area contributed by atoms with Gasteiger partial charge in [-0.05, 0) is 50.9 Å². The molecule has 1 saturated carbocycles. The molecule has 1 atom stereocenters. The molecule has 2 aliphatic rings. The highest BCUT2D eigenvalue weighted by Crippen LogP contribution is 2.32. The van der Waals surface area contributed by atoms with Gasteiger partial charge in [-0.2, -0.15) is 0 Å². The van der Waals surface area contributed by atoms with Gasteiger partial charge >= 0.3 is 0 Å². The van der Waals surface area contributed by atoms with E-state index in [0.717, 1.165) is 57.4 Å². The van der Waals surface area contributed by atoms with E-state index in [9.17, 15) is 9.90 Å². The number of aliphatic hydroxyl groups is 1. The summed E-state index contributed by atoms with van der Waals surface area (Å²) in [5.41, 5.74) is -0.223. The van der Waals surface area contributed by atoms with Crippen molar-refractivity contribution < 1.29 is 9.90 Å². The number of carbonyl (C=O) groups is 1. The fourth-order valence-corrected chi connectivity index (χ4v) is 3.11. The van der Waals surface area contributed by atoms with Crippen molar-refractivity contribution in [1.82, 2.24) is 10.6 Å². The van der Waals surface area contributed by atoms with E-state index in [0.29, 0.717) is 0 Å². The van der Waals surface area contributed by atoms with Crippen LogP contribution in [-0.4, -0.2) is 35.7 Å². The maximum absolute atomic E-state index is 12.0. The molecule has 1 amide bonds. The van der Waals surface area contributed by atoms with E-state index < -0.39 is 0 Å². The molecule has 0 spiro atoms. The molecule has 4 nitrogen and oxygen atoms in total. The number of amides is 1. The van der Waals surface area contributed by atoms with Crippen LogP contribution in [0.15, 0.2) is 0 Å². The van der Waals surface area contributed by atoms with Crippen molar-refractivity contribution in [1.29, 1.82) is 0 Å². The van der Waals surface area contributed by atoms with Crippen molar-refractivity contribution in [3.05, 3.63) is 0 Å². The van der Waals surface area contributed by atoms with Crippen molar-refractivity contribution in [2.75, 3.05) is 13.2 Å². The summed E-state index contributed by atoms with van der Waals surface area (Å²) in [5, 5.41) is 16.1. The molecule has 1 unspecified atom stereocenters. The summed E-state index contributed by atoms with van der Waals surface area (Å²) < 4.78 is 0. The molecule has 0 aromatic heterocycles. The Kier molecular flexibility index (Phi) is 4.62. The fourth-order valence-electron chi connectivity index (χ4n) is 3.11. The van der Waals surface area contributed by atoms with Crippen LogP contribution in [0.4, 0.5) is 0 Å². The van der Waals surface area contributed by atoms with Gasteiger partial charge in [-0.3, -0.25) is 10.1 Å². The number of nitrogens with one attached hydrogen (secondary N) is 2. The second-order valence-electron chi connectivity index (χ2n) is 6.10. The number of carbonyl (C=O) groups excluding carboxylic acids is 1. The molecule has 0 radical (unpaired) electrons. The zero-order chi connectivity index (χ0) is 13.0. The lowest BCUT2D eigenvalue weighted by Gasteiger charge is -2.41. The van der Waals surface area contributed by atoms with Gasteiger partial charge in [0.25, 0.3) is 0 Å². The highest BCUT2D eigenvalue weighted by Gasteiger charge is 2.37. The molecule has 3 N–H and O–H groups in total. The molecule has 0 aromatic rings. The summed E-state index contributed by atoms with van der Waals surface area (Å²) in [6, 6.07) is -0.118. The quantitative estimate of drug-likeness (QED) is 0.709.